The molecule has 98 valence electrons. The molecule has 0 heterocycles. The van der Waals surface area contributed by atoms with Crippen molar-refractivity contribution < 1.29 is 14.2 Å². The molecule has 0 bridgehead atoms. The fourth-order valence-corrected chi connectivity index (χ4v) is 2.31. The molecule has 0 amide bonds. The van der Waals surface area contributed by atoms with E-state index in [1.807, 2.05) is 6.92 Å². The summed E-state index contributed by atoms with van der Waals surface area (Å²) in [6, 6.07) is 0. The van der Waals surface area contributed by atoms with Crippen LogP contribution < -0.4 is 5.32 Å². The SMILES string of the molecule is CCOCCNCCPCCC(OC)OC. The molecule has 0 aliphatic heterocycles. The lowest BCUT2D eigenvalue weighted by atomic mass is 10.5. The summed E-state index contributed by atoms with van der Waals surface area (Å²) in [5.74, 6) is 0. The first-order valence-corrected chi connectivity index (χ1v) is 7.31. The van der Waals surface area contributed by atoms with Crippen molar-refractivity contribution in [2.45, 2.75) is 19.6 Å². The Kier molecular flexibility index (Phi) is 13.6. The Labute approximate surface area is 101 Å². The van der Waals surface area contributed by atoms with E-state index in [0.717, 1.165) is 41.3 Å². The van der Waals surface area contributed by atoms with Crippen molar-refractivity contribution in [1.29, 1.82) is 0 Å². The topological polar surface area (TPSA) is 39.7 Å². The zero-order valence-corrected chi connectivity index (χ0v) is 11.8. The van der Waals surface area contributed by atoms with E-state index in [2.05, 4.69) is 5.32 Å². The smallest absolute Gasteiger partial charge is 0.157 e. The third kappa shape index (κ3) is 10.8. The minimum Gasteiger partial charge on any atom is -0.380 e. The molecule has 1 atom stereocenters. The highest BCUT2D eigenvalue weighted by Crippen LogP contribution is 2.12. The van der Waals surface area contributed by atoms with Gasteiger partial charge in [-0.2, -0.15) is 0 Å². The van der Waals surface area contributed by atoms with E-state index in [-0.39, 0.29) is 6.29 Å². The molecule has 0 saturated carbocycles. The molecule has 0 aromatic rings. The van der Waals surface area contributed by atoms with Gasteiger partial charge in [0.25, 0.3) is 0 Å². The summed E-state index contributed by atoms with van der Waals surface area (Å²) < 4.78 is 15.5. The van der Waals surface area contributed by atoms with E-state index in [0.29, 0.717) is 0 Å². The number of hydrogen-bond donors (Lipinski definition) is 1. The highest BCUT2D eigenvalue weighted by atomic mass is 31.1. The van der Waals surface area contributed by atoms with Crippen LogP contribution in [-0.2, 0) is 14.2 Å². The molecule has 5 heteroatoms. The van der Waals surface area contributed by atoms with E-state index in [9.17, 15) is 0 Å². The van der Waals surface area contributed by atoms with Crippen LogP contribution in [0.3, 0.4) is 0 Å². The highest BCUT2D eigenvalue weighted by molar-refractivity contribution is 7.37. The molecule has 0 rings (SSSR count). The Hall–Kier alpha value is 0.270. The van der Waals surface area contributed by atoms with Crippen molar-refractivity contribution in [2.75, 3.05) is 52.8 Å². The third-order valence-electron chi connectivity index (χ3n) is 2.19. The lowest BCUT2D eigenvalue weighted by Gasteiger charge is -2.12. The zero-order chi connectivity index (χ0) is 12.1. The maximum atomic E-state index is 5.23. The van der Waals surface area contributed by atoms with E-state index in [1.54, 1.807) is 14.2 Å². The van der Waals surface area contributed by atoms with Crippen LogP contribution >= 0.6 is 8.58 Å². The molecule has 0 aliphatic carbocycles. The molecular formula is C11H26NO3P. The van der Waals surface area contributed by atoms with Gasteiger partial charge in [0.05, 0.1) is 6.61 Å². The van der Waals surface area contributed by atoms with Gasteiger partial charge in [0.15, 0.2) is 6.29 Å². The lowest BCUT2D eigenvalue weighted by Crippen LogP contribution is -2.22. The van der Waals surface area contributed by atoms with Crippen LogP contribution in [0.5, 0.6) is 0 Å². The first-order chi connectivity index (χ1) is 7.85. The second kappa shape index (κ2) is 13.3. The quantitative estimate of drug-likeness (QED) is 0.322. The largest absolute Gasteiger partial charge is 0.380 e. The Balaban J connectivity index is 3.03. The van der Waals surface area contributed by atoms with Crippen LogP contribution in [0, 0.1) is 0 Å². The standard InChI is InChI=1S/C11H26NO3P/c1-4-15-8-6-12-7-10-16-9-5-11(13-2)14-3/h11-12,16H,4-10H2,1-3H3. The molecule has 0 aliphatic rings. The van der Waals surface area contributed by atoms with E-state index in [4.69, 9.17) is 14.2 Å². The summed E-state index contributed by atoms with van der Waals surface area (Å²) >= 11 is 0. The van der Waals surface area contributed by atoms with Gasteiger partial charge in [-0.3, -0.25) is 0 Å². The molecule has 0 aromatic carbocycles. The van der Waals surface area contributed by atoms with E-state index >= 15 is 0 Å². The van der Waals surface area contributed by atoms with Crippen LogP contribution in [0.4, 0.5) is 0 Å². The Bertz CT molecular complexity index is 134. The molecule has 0 fully saturated rings. The number of ether oxygens (including phenoxy) is 3. The van der Waals surface area contributed by atoms with Crippen molar-refractivity contribution >= 4 is 8.58 Å². The predicted octanol–water partition coefficient (Wildman–Crippen LogP) is 1.30. The number of rotatable bonds is 12. The fraction of sp³-hybridized carbons (Fsp3) is 1.00. The summed E-state index contributed by atoms with van der Waals surface area (Å²) in [7, 11) is 4.35. The van der Waals surface area contributed by atoms with Gasteiger partial charge in [-0.15, -0.1) is 8.58 Å². The van der Waals surface area contributed by atoms with Gasteiger partial charge in [-0.1, -0.05) is 0 Å². The fourth-order valence-electron chi connectivity index (χ4n) is 1.27. The van der Waals surface area contributed by atoms with Crippen LogP contribution in [0.1, 0.15) is 13.3 Å². The van der Waals surface area contributed by atoms with Crippen LogP contribution in [0.25, 0.3) is 0 Å². The third-order valence-corrected chi connectivity index (χ3v) is 3.43. The van der Waals surface area contributed by atoms with Gasteiger partial charge in [0.1, 0.15) is 0 Å². The summed E-state index contributed by atoms with van der Waals surface area (Å²) in [4.78, 5) is 0. The van der Waals surface area contributed by atoms with E-state index in [1.165, 1.54) is 12.3 Å². The molecule has 0 saturated heterocycles. The molecule has 1 N–H and O–H groups in total. The normalized spacial score (nSPS) is 12.0. The average Bonchev–Trinajstić information content (AvgIpc) is 2.32. The summed E-state index contributed by atoms with van der Waals surface area (Å²) in [5.41, 5.74) is 0. The predicted molar refractivity (Wildman–Crippen MR) is 69.8 cm³/mol. The van der Waals surface area contributed by atoms with Crippen molar-refractivity contribution in [3.8, 4) is 0 Å². The Morgan fingerprint density at radius 3 is 2.50 bits per heavy atom. The monoisotopic (exact) mass is 251 g/mol. The summed E-state index contributed by atoms with van der Waals surface area (Å²) in [6.45, 7) is 5.67. The van der Waals surface area contributed by atoms with E-state index < -0.39 is 0 Å². The highest BCUT2D eigenvalue weighted by Gasteiger charge is 2.03. The van der Waals surface area contributed by atoms with Crippen LogP contribution in [0.2, 0.25) is 0 Å². The maximum absolute atomic E-state index is 5.23. The van der Waals surface area contributed by atoms with Crippen molar-refractivity contribution in [3.63, 3.8) is 0 Å². The number of hydrogen-bond acceptors (Lipinski definition) is 4. The van der Waals surface area contributed by atoms with Gasteiger partial charge < -0.3 is 19.5 Å². The molecule has 0 aromatic heterocycles. The average molecular weight is 251 g/mol. The van der Waals surface area contributed by atoms with Gasteiger partial charge >= 0.3 is 0 Å². The zero-order valence-electron chi connectivity index (χ0n) is 10.8. The second-order valence-corrected chi connectivity index (χ2v) is 4.89. The molecular weight excluding hydrogens is 225 g/mol. The van der Waals surface area contributed by atoms with Gasteiger partial charge in [-0.25, -0.2) is 0 Å². The van der Waals surface area contributed by atoms with Gasteiger partial charge in [0, 0.05) is 33.8 Å². The van der Waals surface area contributed by atoms with Gasteiger partial charge in [-0.05, 0) is 25.8 Å². The molecule has 1 unspecified atom stereocenters. The van der Waals surface area contributed by atoms with Crippen molar-refractivity contribution in [1.82, 2.24) is 5.32 Å². The van der Waals surface area contributed by atoms with Gasteiger partial charge in [0.2, 0.25) is 0 Å². The first-order valence-electron chi connectivity index (χ1n) is 5.89. The maximum Gasteiger partial charge on any atom is 0.157 e. The second-order valence-electron chi connectivity index (χ2n) is 3.39. The molecule has 0 radical (unpaired) electrons. The Morgan fingerprint density at radius 2 is 1.88 bits per heavy atom. The molecule has 4 nitrogen and oxygen atoms in total. The number of nitrogens with one attached hydrogen (secondary N) is 1. The van der Waals surface area contributed by atoms with Crippen molar-refractivity contribution in [3.05, 3.63) is 0 Å². The van der Waals surface area contributed by atoms with Crippen molar-refractivity contribution in [2.24, 2.45) is 0 Å². The van der Waals surface area contributed by atoms with Crippen LogP contribution in [-0.4, -0.2) is 59.1 Å². The molecule has 0 spiro atoms. The summed E-state index contributed by atoms with van der Waals surface area (Å²) in [5, 5.41) is 3.36. The van der Waals surface area contributed by atoms with Crippen LogP contribution in [0.15, 0.2) is 0 Å². The summed E-state index contributed by atoms with van der Waals surface area (Å²) in [6.07, 6.45) is 3.37. The molecule has 16 heavy (non-hydrogen) atoms. The number of methoxy groups -OCH3 is 2. The first kappa shape index (κ1) is 16.3. The minimum absolute atomic E-state index is 0.0292. The lowest BCUT2D eigenvalue weighted by molar-refractivity contribution is -0.102. The minimum atomic E-state index is -0.0292. The Morgan fingerprint density at radius 1 is 1.12 bits per heavy atom.